The molecule has 2 aliphatic rings. The predicted molar refractivity (Wildman–Crippen MR) is 137 cm³/mol. The summed E-state index contributed by atoms with van der Waals surface area (Å²) in [5, 5.41) is 22.2. The van der Waals surface area contributed by atoms with Gasteiger partial charge >= 0.3 is 0 Å². The van der Waals surface area contributed by atoms with Gasteiger partial charge in [0.25, 0.3) is 11.9 Å². The van der Waals surface area contributed by atoms with Crippen LogP contribution >= 0.6 is 0 Å². The van der Waals surface area contributed by atoms with Gasteiger partial charge in [-0.05, 0) is 12.1 Å². The number of hydrogen-bond donors (Lipinski definition) is 4. The monoisotopic (exact) mass is 501 g/mol. The second kappa shape index (κ2) is 10.5. The van der Waals surface area contributed by atoms with Gasteiger partial charge in [-0.25, -0.2) is 14.4 Å². The van der Waals surface area contributed by atoms with Gasteiger partial charge in [0, 0.05) is 24.2 Å². The first kappa shape index (κ1) is 24.1. The van der Waals surface area contributed by atoms with Crippen molar-refractivity contribution in [3.63, 3.8) is 0 Å². The van der Waals surface area contributed by atoms with Gasteiger partial charge in [0.15, 0.2) is 0 Å². The largest absolute Gasteiger partial charge is 0.407 e. The third-order valence-electron chi connectivity index (χ3n) is 5.85. The van der Waals surface area contributed by atoms with Crippen LogP contribution in [-0.4, -0.2) is 61.0 Å². The summed E-state index contributed by atoms with van der Waals surface area (Å²) in [7, 11) is 0. The Bertz CT molecular complexity index is 1370. The van der Waals surface area contributed by atoms with Crippen molar-refractivity contribution in [2.75, 3.05) is 36.5 Å². The molecule has 0 spiro atoms. The molecular formula is C26H24FN7O3. The van der Waals surface area contributed by atoms with Gasteiger partial charge in [-0.2, -0.15) is 0 Å². The number of pyridine rings is 1. The van der Waals surface area contributed by atoms with Gasteiger partial charge in [0.1, 0.15) is 11.6 Å². The predicted octanol–water partition coefficient (Wildman–Crippen LogP) is 2.74. The van der Waals surface area contributed by atoms with Crippen molar-refractivity contribution in [2.45, 2.75) is 6.17 Å². The topological polar surface area (TPSA) is 136 Å². The normalized spacial score (nSPS) is 17.1. The van der Waals surface area contributed by atoms with Crippen molar-refractivity contribution in [3.8, 4) is 0 Å². The summed E-state index contributed by atoms with van der Waals surface area (Å²) in [6.07, 6.45) is -0.148. The van der Waals surface area contributed by atoms with Gasteiger partial charge in [0.05, 0.1) is 36.4 Å². The van der Waals surface area contributed by atoms with Crippen LogP contribution in [0.25, 0.3) is 0 Å². The number of aromatic nitrogens is 1. The summed E-state index contributed by atoms with van der Waals surface area (Å²) in [4.78, 5) is 23.6. The number of nitrogens with zero attached hydrogens (tertiary/aromatic N) is 3. The Morgan fingerprint density at radius 1 is 1.11 bits per heavy atom. The van der Waals surface area contributed by atoms with Crippen LogP contribution in [0.15, 0.2) is 71.9 Å². The molecule has 37 heavy (non-hydrogen) atoms. The number of morpholine rings is 1. The molecule has 0 saturated carbocycles. The Labute approximate surface area is 212 Å². The number of ether oxygens (including phenoxy) is 2. The van der Waals surface area contributed by atoms with Crippen LogP contribution in [0.4, 0.5) is 15.9 Å². The van der Waals surface area contributed by atoms with Crippen molar-refractivity contribution < 1.29 is 18.7 Å². The quantitative estimate of drug-likeness (QED) is 0.321. The molecule has 188 valence electrons. The molecular weight excluding hydrogens is 477 g/mol. The molecule has 2 aromatic carbocycles. The van der Waals surface area contributed by atoms with E-state index in [9.17, 15) is 9.18 Å². The third kappa shape index (κ3) is 5.31. The molecule has 0 bridgehead atoms. The SMILES string of the molecule is N=C(NC1N=C(c2ccccc2)c2ccccc2NC1=O)OC(=N)c1cc(F)cnc1N1CCOCC1. The lowest BCUT2D eigenvalue weighted by Gasteiger charge is -2.29. The van der Waals surface area contributed by atoms with Gasteiger partial charge in [-0.3, -0.25) is 15.6 Å². The number of rotatable bonds is 4. The van der Waals surface area contributed by atoms with Crippen molar-refractivity contribution >= 4 is 35.0 Å². The lowest BCUT2D eigenvalue weighted by molar-refractivity contribution is -0.117. The zero-order valence-electron chi connectivity index (χ0n) is 19.7. The Hall–Kier alpha value is -4.64. The molecule has 1 atom stereocenters. The number of nitrogens with one attached hydrogen (secondary N) is 4. The minimum Gasteiger partial charge on any atom is -0.407 e. The Kier molecular flexibility index (Phi) is 6.86. The molecule has 3 heterocycles. The first-order chi connectivity index (χ1) is 18.0. The van der Waals surface area contributed by atoms with E-state index in [0.717, 1.165) is 23.4 Å². The summed E-state index contributed by atoms with van der Waals surface area (Å²) in [5.41, 5.74) is 2.74. The highest BCUT2D eigenvalue weighted by Gasteiger charge is 2.28. The molecule has 1 fully saturated rings. The standard InChI is InChI=1S/C26H24FN7O3/c27-17-14-19(24(30-15-17)34-10-12-36-13-11-34)22(28)37-26(29)33-23-25(35)31-20-9-5-4-8-18(20)21(32-23)16-6-2-1-3-7-16/h1-9,14-15,23,28H,10-13H2,(H2,29,33)(H,31,35). The van der Waals surface area contributed by atoms with Crippen molar-refractivity contribution in [1.82, 2.24) is 10.3 Å². The van der Waals surface area contributed by atoms with Crippen LogP contribution in [0, 0.1) is 16.6 Å². The first-order valence-electron chi connectivity index (χ1n) is 11.6. The summed E-state index contributed by atoms with van der Waals surface area (Å²) in [6.45, 7) is 2.00. The van der Waals surface area contributed by atoms with E-state index in [4.69, 9.17) is 20.3 Å². The van der Waals surface area contributed by atoms with Crippen LogP contribution < -0.4 is 15.5 Å². The zero-order valence-corrected chi connectivity index (χ0v) is 19.7. The molecule has 0 radical (unpaired) electrons. The summed E-state index contributed by atoms with van der Waals surface area (Å²) < 4.78 is 24.7. The molecule has 3 aromatic rings. The molecule has 4 N–H and O–H groups in total. The molecule has 1 amide bonds. The van der Waals surface area contributed by atoms with Crippen LogP contribution in [0.3, 0.4) is 0 Å². The molecule has 2 aliphatic heterocycles. The van der Waals surface area contributed by atoms with E-state index in [2.05, 4.69) is 20.6 Å². The minimum absolute atomic E-state index is 0.0830. The number of aliphatic imine (C=N–C) groups is 1. The fraction of sp³-hybridized carbons (Fsp3) is 0.192. The number of carbonyl (C=O) groups excluding carboxylic acids is 1. The van der Waals surface area contributed by atoms with Crippen molar-refractivity contribution in [2.24, 2.45) is 4.99 Å². The molecule has 11 heteroatoms. The average Bonchev–Trinajstić information content (AvgIpc) is 3.05. The van der Waals surface area contributed by atoms with Crippen LogP contribution in [0.1, 0.15) is 16.7 Å². The van der Waals surface area contributed by atoms with E-state index < -0.39 is 29.8 Å². The highest BCUT2D eigenvalue weighted by atomic mass is 19.1. The van der Waals surface area contributed by atoms with Gasteiger partial charge in [-0.1, -0.05) is 48.5 Å². The van der Waals surface area contributed by atoms with Gasteiger partial charge in [0.2, 0.25) is 12.1 Å². The second-order valence-electron chi connectivity index (χ2n) is 8.31. The number of fused-ring (bicyclic) bond motifs is 1. The van der Waals surface area contributed by atoms with E-state index in [1.807, 2.05) is 47.4 Å². The molecule has 1 aromatic heterocycles. The smallest absolute Gasteiger partial charge is 0.290 e. The van der Waals surface area contributed by atoms with Crippen molar-refractivity contribution in [1.29, 1.82) is 10.8 Å². The Morgan fingerprint density at radius 3 is 2.62 bits per heavy atom. The number of para-hydroxylation sites is 1. The number of anilines is 2. The maximum Gasteiger partial charge on any atom is 0.290 e. The number of hydrogen-bond acceptors (Lipinski definition) is 8. The molecule has 1 saturated heterocycles. The van der Waals surface area contributed by atoms with E-state index in [0.29, 0.717) is 43.5 Å². The lowest BCUT2D eigenvalue weighted by atomic mass is 10.0. The van der Waals surface area contributed by atoms with Crippen LogP contribution in [0.2, 0.25) is 0 Å². The number of benzodiazepines with no additional fused rings is 1. The number of amides is 1. The maximum atomic E-state index is 14.0. The average molecular weight is 502 g/mol. The van der Waals surface area contributed by atoms with Gasteiger partial charge in [-0.15, -0.1) is 0 Å². The molecule has 0 aliphatic carbocycles. The Morgan fingerprint density at radius 2 is 1.84 bits per heavy atom. The fourth-order valence-corrected chi connectivity index (χ4v) is 4.12. The van der Waals surface area contributed by atoms with Crippen molar-refractivity contribution in [3.05, 3.63) is 89.4 Å². The first-order valence-corrected chi connectivity index (χ1v) is 11.6. The summed E-state index contributed by atoms with van der Waals surface area (Å²) in [5.74, 6) is -1.28. The minimum atomic E-state index is -1.22. The Balaban J connectivity index is 1.38. The maximum absolute atomic E-state index is 14.0. The summed E-state index contributed by atoms with van der Waals surface area (Å²) in [6, 6.07) is 17.2. The lowest BCUT2D eigenvalue weighted by Crippen LogP contribution is -2.43. The van der Waals surface area contributed by atoms with Crippen LogP contribution in [0.5, 0.6) is 0 Å². The van der Waals surface area contributed by atoms with Gasteiger partial charge < -0.3 is 25.0 Å². The van der Waals surface area contributed by atoms with Crippen LogP contribution in [-0.2, 0) is 14.3 Å². The molecule has 10 nitrogen and oxygen atoms in total. The molecule has 1 unspecified atom stereocenters. The number of amidine groups is 1. The van der Waals surface area contributed by atoms with E-state index in [1.165, 1.54) is 0 Å². The van der Waals surface area contributed by atoms with E-state index >= 15 is 0 Å². The third-order valence-corrected chi connectivity index (χ3v) is 5.85. The molecule has 5 rings (SSSR count). The van der Waals surface area contributed by atoms with E-state index in [1.54, 1.807) is 12.1 Å². The number of halogens is 1. The number of carbonyl (C=O) groups is 1. The fourth-order valence-electron chi connectivity index (χ4n) is 4.12. The summed E-state index contributed by atoms with van der Waals surface area (Å²) >= 11 is 0. The highest BCUT2D eigenvalue weighted by molar-refractivity contribution is 6.19. The zero-order chi connectivity index (χ0) is 25.8. The van der Waals surface area contributed by atoms with E-state index in [-0.39, 0.29) is 5.56 Å². The highest BCUT2D eigenvalue weighted by Crippen LogP contribution is 2.24. The second-order valence-corrected chi connectivity index (χ2v) is 8.31. The number of benzene rings is 2.